The first-order valence-electron chi connectivity index (χ1n) is 12.4. The molecule has 3 aromatic rings. The van der Waals surface area contributed by atoms with Crippen molar-refractivity contribution < 1.29 is 14.6 Å². The first-order valence-corrected chi connectivity index (χ1v) is 12.8. The Morgan fingerprint density at radius 2 is 1.83 bits per heavy atom. The predicted octanol–water partition coefficient (Wildman–Crippen LogP) is 3.62. The van der Waals surface area contributed by atoms with Crippen LogP contribution in [0.2, 0.25) is 5.02 Å². The third kappa shape index (κ3) is 5.69. The molecule has 1 aliphatic heterocycles. The van der Waals surface area contributed by atoms with Crippen molar-refractivity contribution in [3.63, 3.8) is 0 Å². The molecule has 2 aromatic heterocycles. The number of hydrogen-bond acceptors (Lipinski definition) is 8. The van der Waals surface area contributed by atoms with Crippen LogP contribution in [0.3, 0.4) is 0 Å². The third-order valence-electron chi connectivity index (χ3n) is 6.96. The van der Waals surface area contributed by atoms with Crippen LogP contribution in [0.5, 0.6) is 0 Å². The Balaban J connectivity index is 1.07. The number of aliphatic hydroxyl groups is 1. The number of aliphatic hydroxyl groups excluding tert-OH is 1. The van der Waals surface area contributed by atoms with Gasteiger partial charge in [0.1, 0.15) is 5.82 Å². The molecule has 1 unspecified atom stereocenters. The molecule has 0 bridgehead atoms. The highest BCUT2D eigenvalue weighted by Gasteiger charge is 2.26. The summed E-state index contributed by atoms with van der Waals surface area (Å²) in [7, 11) is 0. The van der Waals surface area contributed by atoms with Crippen LogP contribution in [-0.4, -0.2) is 57.8 Å². The summed E-state index contributed by atoms with van der Waals surface area (Å²) in [6, 6.07) is 8.49. The molecule has 3 heterocycles. The molecule has 1 saturated heterocycles. The van der Waals surface area contributed by atoms with Crippen molar-refractivity contribution in [2.45, 2.75) is 50.8 Å². The number of fused-ring (bicyclic) bond motifs is 1. The fourth-order valence-electron chi connectivity index (χ4n) is 4.61. The SMILES string of the molecule is Cc1ccc2ccc(NC3CCC(CNc4ncc(C(O)C(=O)NC5COC5)cn4)CC3)nc2c1Cl. The number of nitrogens with zero attached hydrogens (tertiary/aromatic N) is 3. The molecule has 1 aliphatic carbocycles. The number of carbonyl (C=O) groups excluding carboxylic acids is 1. The van der Waals surface area contributed by atoms with Crippen molar-refractivity contribution in [3.05, 3.63) is 52.8 Å². The quantitative estimate of drug-likeness (QED) is 0.362. The zero-order valence-corrected chi connectivity index (χ0v) is 21.0. The number of aromatic nitrogens is 3. The molecule has 1 saturated carbocycles. The Hall–Kier alpha value is -3.01. The summed E-state index contributed by atoms with van der Waals surface area (Å²) in [6.45, 7) is 3.72. The lowest BCUT2D eigenvalue weighted by molar-refractivity contribution is -0.133. The van der Waals surface area contributed by atoms with Crippen LogP contribution in [0, 0.1) is 12.8 Å². The molecule has 190 valence electrons. The molecule has 1 atom stereocenters. The summed E-state index contributed by atoms with van der Waals surface area (Å²) in [5.74, 6) is 1.41. The molecule has 1 amide bonds. The van der Waals surface area contributed by atoms with Gasteiger partial charge in [-0.05, 0) is 56.2 Å². The maximum atomic E-state index is 12.1. The van der Waals surface area contributed by atoms with Gasteiger partial charge in [-0.3, -0.25) is 4.79 Å². The summed E-state index contributed by atoms with van der Waals surface area (Å²) < 4.78 is 5.03. The van der Waals surface area contributed by atoms with Gasteiger partial charge in [0.25, 0.3) is 5.91 Å². The molecule has 4 N–H and O–H groups in total. The zero-order valence-electron chi connectivity index (χ0n) is 20.2. The lowest BCUT2D eigenvalue weighted by Crippen LogP contribution is -2.50. The van der Waals surface area contributed by atoms with E-state index in [1.165, 1.54) is 12.4 Å². The van der Waals surface area contributed by atoms with Gasteiger partial charge in [-0.2, -0.15) is 0 Å². The van der Waals surface area contributed by atoms with Gasteiger partial charge < -0.3 is 25.8 Å². The summed E-state index contributed by atoms with van der Waals surface area (Å²) in [6.07, 6.45) is 5.96. The summed E-state index contributed by atoms with van der Waals surface area (Å²) in [4.78, 5) is 25.4. The van der Waals surface area contributed by atoms with Crippen molar-refractivity contribution in [3.8, 4) is 0 Å². The largest absolute Gasteiger partial charge is 0.378 e. The van der Waals surface area contributed by atoms with E-state index in [1.54, 1.807) is 0 Å². The van der Waals surface area contributed by atoms with Gasteiger partial charge in [-0.25, -0.2) is 15.0 Å². The van der Waals surface area contributed by atoms with Gasteiger partial charge in [0.05, 0.1) is 29.8 Å². The van der Waals surface area contributed by atoms with E-state index in [2.05, 4.69) is 32.0 Å². The van der Waals surface area contributed by atoms with Crippen LogP contribution in [0.1, 0.15) is 42.9 Å². The van der Waals surface area contributed by atoms with Gasteiger partial charge in [-0.1, -0.05) is 23.7 Å². The second kappa shape index (κ2) is 10.9. The number of hydrogen-bond donors (Lipinski definition) is 4. The Kier molecular flexibility index (Phi) is 7.50. The van der Waals surface area contributed by atoms with Gasteiger partial charge in [0.2, 0.25) is 5.95 Å². The molecule has 2 fully saturated rings. The average Bonchev–Trinajstić information content (AvgIpc) is 2.88. The molecule has 36 heavy (non-hydrogen) atoms. The fraction of sp³-hybridized carbons (Fsp3) is 0.462. The Bertz CT molecular complexity index is 1210. The average molecular weight is 511 g/mol. The minimum atomic E-state index is -1.29. The van der Waals surface area contributed by atoms with Crippen LogP contribution < -0.4 is 16.0 Å². The molecule has 2 aliphatic rings. The standard InChI is InChI=1S/C26H31ClN6O3/c1-15-2-5-17-6-9-21(33-23(17)22(15)27)31-19-7-3-16(4-8-19)10-28-26-29-11-18(12-30-26)24(34)25(35)32-20-13-36-14-20/h2,5-6,9,11-12,16,19-20,24,34H,3-4,7-8,10,13-14H2,1H3,(H,31,33)(H,32,35)(H,28,29,30). The monoisotopic (exact) mass is 510 g/mol. The number of benzene rings is 1. The normalized spacial score (nSPS) is 21.0. The van der Waals surface area contributed by atoms with Crippen LogP contribution in [0.15, 0.2) is 36.7 Å². The minimum Gasteiger partial charge on any atom is -0.378 e. The van der Waals surface area contributed by atoms with Crippen molar-refractivity contribution in [1.82, 2.24) is 20.3 Å². The Morgan fingerprint density at radius 3 is 2.53 bits per heavy atom. The molecular weight excluding hydrogens is 480 g/mol. The van der Waals surface area contributed by atoms with Crippen LogP contribution in [0.4, 0.5) is 11.8 Å². The second-order valence-electron chi connectivity index (χ2n) is 9.69. The van der Waals surface area contributed by atoms with Crippen molar-refractivity contribution >= 4 is 40.2 Å². The van der Waals surface area contributed by atoms with E-state index < -0.39 is 12.0 Å². The van der Waals surface area contributed by atoms with E-state index in [9.17, 15) is 9.90 Å². The Morgan fingerprint density at radius 1 is 1.11 bits per heavy atom. The van der Waals surface area contributed by atoms with Gasteiger partial charge in [0, 0.05) is 35.9 Å². The molecule has 5 rings (SSSR count). The number of carbonyl (C=O) groups is 1. The van der Waals surface area contributed by atoms with Gasteiger partial charge in [0.15, 0.2) is 6.10 Å². The number of pyridine rings is 1. The van der Waals surface area contributed by atoms with E-state index in [0.29, 0.717) is 41.7 Å². The number of nitrogens with one attached hydrogen (secondary N) is 3. The Labute approximate surface area is 215 Å². The molecule has 1 aromatic carbocycles. The minimum absolute atomic E-state index is 0.0362. The van der Waals surface area contributed by atoms with E-state index in [0.717, 1.165) is 54.5 Å². The highest BCUT2D eigenvalue weighted by Crippen LogP contribution is 2.29. The summed E-state index contributed by atoms with van der Waals surface area (Å²) >= 11 is 6.47. The number of aryl methyl sites for hydroxylation is 1. The number of ether oxygens (including phenoxy) is 1. The van der Waals surface area contributed by atoms with Crippen molar-refractivity contribution in [2.75, 3.05) is 30.4 Å². The number of anilines is 2. The highest BCUT2D eigenvalue weighted by atomic mass is 35.5. The number of halogens is 1. The molecule has 0 radical (unpaired) electrons. The van der Waals surface area contributed by atoms with E-state index in [4.69, 9.17) is 21.3 Å². The lowest BCUT2D eigenvalue weighted by Gasteiger charge is -2.29. The van der Waals surface area contributed by atoms with Gasteiger partial charge >= 0.3 is 0 Å². The zero-order chi connectivity index (χ0) is 25.1. The van der Waals surface area contributed by atoms with Crippen LogP contribution in [-0.2, 0) is 9.53 Å². The van der Waals surface area contributed by atoms with E-state index in [1.807, 2.05) is 25.1 Å². The van der Waals surface area contributed by atoms with Crippen LogP contribution >= 0.6 is 11.6 Å². The number of amides is 1. The topological polar surface area (TPSA) is 121 Å². The third-order valence-corrected chi connectivity index (χ3v) is 7.44. The fourth-order valence-corrected chi connectivity index (χ4v) is 4.83. The number of rotatable bonds is 8. The van der Waals surface area contributed by atoms with Crippen molar-refractivity contribution in [2.24, 2.45) is 5.92 Å². The molecule has 9 nitrogen and oxygen atoms in total. The van der Waals surface area contributed by atoms with Gasteiger partial charge in [-0.15, -0.1) is 0 Å². The molecule has 10 heteroatoms. The molecule has 0 spiro atoms. The first kappa shape index (κ1) is 24.7. The smallest absolute Gasteiger partial charge is 0.253 e. The maximum Gasteiger partial charge on any atom is 0.253 e. The first-order chi connectivity index (χ1) is 17.5. The predicted molar refractivity (Wildman–Crippen MR) is 139 cm³/mol. The van der Waals surface area contributed by atoms with Crippen LogP contribution in [0.25, 0.3) is 10.9 Å². The molecular formula is C26H31ClN6O3. The lowest BCUT2D eigenvalue weighted by atomic mass is 9.86. The summed E-state index contributed by atoms with van der Waals surface area (Å²) in [5.41, 5.74) is 2.23. The van der Waals surface area contributed by atoms with E-state index in [-0.39, 0.29) is 6.04 Å². The van der Waals surface area contributed by atoms with E-state index >= 15 is 0 Å². The maximum absolute atomic E-state index is 12.1. The second-order valence-corrected chi connectivity index (χ2v) is 10.1. The summed E-state index contributed by atoms with van der Waals surface area (Å²) in [5, 5.41) is 21.6. The van der Waals surface area contributed by atoms with Crippen molar-refractivity contribution in [1.29, 1.82) is 0 Å². The highest BCUT2D eigenvalue weighted by molar-refractivity contribution is 6.35.